The quantitative estimate of drug-likeness (QED) is 0.720. The van der Waals surface area contributed by atoms with E-state index in [4.69, 9.17) is 10.2 Å². The first-order valence-corrected chi connectivity index (χ1v) is 6.97. The number of hydrogen-bond donors (Lipinski definition) is 2. The summed E-state index contributed by atoms with van der Waals surface area (Å²) in [5.74, 6) is -1.77. The first-order valence-electron chi connectivity index (χ1n) is 6.97. The lowest BCUT2D eigenvalue weighted by molar-refractivity contribution is 0.0946. The summed E-state index contributed by atoms with van der Waals surface area (Å²) < 4.78 is 18.4. The lowest BCUT2D eigenvalue weighted by Gasteiger charge is -2.02. The van der Waals surface area contributed by atoms with Crippen LogP contribution in [0.1, 0.15) is 20.7 Å². The van der Waals surface area contributed by atoms with Gasteiger partial charge in [0.2, 0.25) is 5.55 Å². The molecule has 0 spiro atoms. The molecule has 0 aliphatic carbocycles. The van der Waals surface area contributed by atoms with Gasteiger partial charge in [-0.3, -0.25) is 9.59 Å². The fourth-order valence-electron chi connectivity index (χ4n) is 2.10. The van der Waals surface area contributed by atoms with Crippen LogP contribution in [0.3, 0.4) is 0 Å². The van der Waals surface area contributed by atoms with Crippen LogP contribution in [-0.4, -0.2) is 11.8 Å². The lowest BCUT2D eigenvalue weighted by atomic mass is 10.2. The molecule has 3 N–H and O–H groups in total. The molecule has 120 valence electrons. The maximum Gasteiger partial charge on any atom is 0.271 e. The van der Waals surface area contributed by atoms with Crippen LogP contribution in [0.2, 0.25) is 0 Å². The largest absolute Gasteiger partial charge is 0.436 e. The zero-order chi connectivity index (χ0) is 17.1. The maximum absolute atomic E-state index is 12.9. The number of halogens is 1. The van der Waals surface area contributed by atoms with E-state index in [-0.39, 0.29) is 16.7 Å². The fourth-order valence-corrected chi connectivity index (χ4v) is 2.10. The Hall–Kier alpha value is -3.48. The second-order valence-electron chi connectivity index (χ2n) is 4.93. The van der Waals surface area contributed by atoms with Crippen molar-refractivity contribution in [3.05, 3.63) is 77.1 Å². The molecule has 1 aromatic heterocycles. The average molecular weight is 325 g/mol. The molecule has 6 nitrogen and oxygen atoms in total. The van der Waals surface area contributed by atoms with Crippen LogP contribution < -0.4 is 16.7 Å². The Morgan fingerprint density at radius 1 is 1.08 bits per heavy atom. The first-order chi connectivity index (χ1) is 11.5. The van der Waals surface area contributed by atoms with Gasteiger partial charge >= 0.3 is 0 Å². The molecule has 3 rings (SSSR count). The smallest absolute Gasteiger partial charge is 0.271 e. The summed E-state index contributed by atoms with van der Waals surface area (Å²) in [6, 6.07) is 13.5. The lowest BCUT2D eigenvalue weighted by Crippen LogP contribution is -2.27. The number of hydrogen-bond acceptors (Lipinski definition) is 4. The van der Waals surface area contributed by atoms with Gasteiger partial charge in [-0.15, -0.1) is 5.10 Å². The molecule has 0 aliphatic heterocycles. The molecule has 0 saturated carbocycles. The van der Waals surface area contributed by atoms with E-state index in [1.807, 2.05) is 0 Å². The summed E-state index contributed by atoms with van der Waals surface area (Å²) in [5, 5.41) is 4.49. The van der Waals surface area contributed by atoms with Crippen LogP contribution in [0.15, 0.2) is 64.1 Å². The van der Waals surface area contributed by atoms with Gasteiger partial charge in [-0.2, -0.15) is 0 Å². The van der Waals surface area contributed by atoms with Crippen molar-refractivity contribution in [2.45, 2.75) is 0 Å². The van der Waals surface area contributed by atoms with E-state index in [9.17, 15) is 14.0 Å². The molecular formula is C17H12FN3O3. The maximum atomic E-state index is 12.9. The van der Waals surface area contributed by atoms with E-state index < -0.39 is 17.6 Å². The van der Waals surface area contributed by atoms with Crippen molar-refractivity contribution in [2.24, 2.45) is 10.8 Å². The van der Waals surface area contributed by atoms with Crippen LogP contribution in [0.4, 0.5) is 4.39 Å². The molecule has 2 aromatic carbocycles. The molecule has 3 aromatic rings. The Morgan fingerprint density at radius 2 is 1.79 bits per heavy atom. The van der Waals surface area contributed by atoms with Crippen LogP contribution in [0.5, 0.6) is 0 Å². The Labute approximate surface area is 135 Å². The number of nitrogens with one attached hydrogen (secondary N) is 1. The highest BCUT2D eigenvalue weighted by atomic mass is 19.1. The van der Waals surface area contributed by atoms with Crippen molar-refractivity contribution < 1.29 is 18.4 Å². The van der Waals surface area contributed by atoms with Crippen LogP contribution >= 0.6 is 0 Å². The van der Waals surface area contributed by atoms with Crippen LogP contribution in [-0.2, 0) is 0 Å². The Morgan fingerprint density at radius 3 is 2.50 bits per heavy atom. The Kier molecular flexibility index (Phi) is 4.07. The minimum atomic E-state index is -0.737. The molecule has 0 bridgehead atoms. The predicted molar refractivity (Wildman–Crippen MR) is 84.2 cm³/mol. The molecule has 0 atom stereocenters. The molecular weight excluding hydrogens is 313 g/mol. The van der Waals surface area contributed by atoms with Gasteiger partial charge in [0.15, 0.2) is 0 Å². The number of amides is 2. The third kappa shape index (κ3) is 3.14. The summed E-state index contributed by atoms with van der Waals surface area (Å²) >= 11 is 0. The van der Waals surface area contributed by atoms with Crippen molar-refractivity contribution in [3.8, 4) is 0 Å². The first kappa shape index (κ1) is 15.4. The van der Waals surface area contributed by atoms with Gasteiger partial charge in [-0.05, 0) is 36.4 Å². The highest BCUT2D eigenvalue weighted by molar-refractivity contribution is 5.96. The number of nitrogens with zero attached hydrogens (tertiary/aromatic N) is 1. The minimum Gasteiger partial charge on any atom is -0.436 e. The number of primary amides is 1. The molecule has 0 radical (unpaired) electrons. The number of carbonyl (C=O) groups is 2. The molecule has 0 unspecified atom stereocenters. The Balaban J connectivity index is 1.99. The highest BCUT2D eigenvalue weighted by Crippen LogP contribution is 2.12. The van der Waals surface area contributed by atoms with Crippen molar-refractivity contribution in [2.75, 3.05) is 0 Å². The van der Waals surface area contributed by atoms with E-state index in [2.05, 4.69) is 10.5 Å². The molecule has 0 saturated heterocycles. The molecule has 2 amide bonds. The summed E-state index contributed by atoms with van der Waals surface area (Å²) in [7, 11) is 0. The number of carbonyl (C=O) groups excluding carboxylic acids is 2. The van der Waals surface area contributed by atoms with Gasteiger partial charge in [0.25, 0.3) is 11.8 Å². The number of rotatable bonds is 3. The van der Waals surface area contributed by atoms with E-state index in [0.717, 1.165) is 12.1 Å². The average Bonchev–Trinajstić information content (AvgIpc) is 2.59. The number of benzene rings is 2. The zero-order valence-electron chi connectivity index (χ0n) is 12.3. The third-order valence-electron chi connectivity index (χ3n) is 3.29. The van der Waals surface area contributed by atoms with Gasteiger partial charge in [-0.1, -0.05) is 18.2 Å². The van der Waals surface area contributed by atoms with Crippen molar-refractivity contribution >= 4 is 22.8 Å². The molecule has 24 heavy (non-hydrogen) atoms. The summed E-state index contributed by atoms with van der Waals surface area (Å²) in [6.45, 7) is 0. The standard InChI is InChI=1S/C17H12FN3O3/c18-12-7-5-10(6-8-12)16(23)20-21-17-13(15(19)22)9-11-3-1-2-4-14(11)24-17/h1-9H,(H2,19,22)(H,20,23)/b21-17+. The number of nitrogens with two attached hydrogens (primary N) is 1. The molecule has 0 aliphatic rings. The summed E-state index contributed by atoms with van der Waals surface area (Å²) in [5.41, 5.74) is 8.20. The minimum absolute atomic E-state index is 0.0353. The summed E-state index contributed by atoms with van der Waals surface area (Å²) in [4.78, 5) is 23.6. The van der Waals surface area contributed by atoms with Crippen molar-refractivity contribution in [3.63, 3.8) is 0 Å². The molecule has 1 heterocycles. The van der Waals surface area contributed by atoms with Gasteiger partial charge < -0.3 is 10.2 Å². The van der Waals surface area contributed by atoms with Gasteiger partial charge in [0.05, 0.1) is 0 Å². The fraction of sp³-hybridized carbons (Fsp3) is 0. The summed E-state index contributed by atoms with van der Waals surface area (Å²) in [6.07, 6.45) is 0. The molecule has 7 heteroatoms. The van der Waals surface area contributed by atoms with E-state index in [0.29, 0.717) is 11.0 Å². The van der Waals surface area contributed by atoms with Gasteiger partial charge in [0.1, 0.15) is 17.0 Å². The number of para-hydroxylation sites is 1. The van der Waals surface area contributed by atoms with Crippen molar-refractivity contribution in [1.82, 2.24) is 5.43 Å². The van der Waals surface area contributed by atoms with E-state index >= 15 is 0 Å². The van der Waals surface area contributed by atoms with E-state index in [1.165, 1.54) is 18.2 Å². The molecule has 0 fully saturated rings. The number of fused-ring (bicyclic) bond motifs is 1. The van der Waals surface area contributed by atoms with Gasteiger partial charge in [-0.25, -0.2) is 9.82 Å². The predicted octanol–water partition coefficient (Wildman–Crippen LogP) is 1.92. The normalized spacial score (nSPS) is 11.5. The highest BCUT2D eigenvalue weighted by Gasteiger charge is 2.10. The van der Waals surface area contributed by atoms with Crippen LogP contribution in [0, 0.1) is 5.82 Å². The monoisotopic (exact) mass is 325 g/mol. The Bertz CT molecular complexity index is 994. The second kappa shape index (κ2) is 6.33. The zero-order valence-corrected chi connectivity index (χ0v) is 12.3. The second-order valence-corrected chi connectivity index (χ2v) is 4.93. The van der Waals surface area contributed by atoms with Crippen molar-refractivity contribution in [1.29, 1.82) is 0 Å². The van der Waals surface area contributed by atoms with Gasteiger partial charge in [0, 0.05) is 10.9 Å². The SMILES string of the molecule is NC(=O)c1cc2ccccc2o/c1=N/NC(=O)c1ccc(F)cc1. The topological polar surface area (TPSA) is 97.7 Å². The van der Waals surface area contributed by atoms with Crippen LogP contribution in [0.25, 0.3) is 11.0 Å². The van der Waals surface area contributed by atoms with E-state index in [1.54, 1.807) is 24.3 Å². The third-order valence-corrected chi connectivity index (χ3v) is 3.29.